The van der Waals surface area contributed by atoms with E-state index in [0.29, 0.717) is 22.8 Å². The first kappa shape index (κ1) is 16.1. The third kappa shape index (κ3) is 4.90. The van der Waals surface area contributed by atoms with E-state index in [1.54, 1.807) is 18.2 Å². The van der Waals surface area contributed by atoms with Crippen LogP contribution in [0.1, 0.15) is 32.6 Å². The minimum atomic E-state index is -0.0112. The van der Waals surface area contributed by atoms with Crippen LogP contribution < -0.4 is 11.1 Å². The lowest BCUT2D eigenvalue weighted by Gasteiger charge is -2.16. The van der Waals surface area contributed by atoms with E-state index in [0.717, 1.165) is 25.6 Å². The van der Waals surface area contributed by atoms with Gasteiger partial charge in [0.1, 0.15) is 0 Å². The Balaban J connectivity index is 1.76. The largest absolute Gasteiger partial charge is 0.397 e. The van der Waals surface area contributed by atoms with Crippen LogP contribution in [-0.4, -0.2) is 30.4 Å². The number of likely N-dealkylation sites (tertiary alicyclic amines) is 1. The molecule has 1 unspecified atom stereocenters. The molecule has 5 heteroatoms. The number of hydrogen-bond donors (Lipinski definition) is 2. The van der Waals surface area contributed by atoms with Crippen molar-refractivity contribution in [3.05, 3.63) is 23.2 Å². The summed E-state index contributed by atoms with van der Waals surface area (Å²) in [4.78, 5) is 14.4. The van der Waals surface area contributed by atoms with Crippen molar-refractivity contribution in [2.75, 3.05) is 30.7 Å². The average molecular weight is 310 g/mol. The summed E-state index contributed by atoms with van der Waals surface area (Å²) in [6, 6.07) is 5.10. The Morgan fingerprint density at radius 1 is 1.52 bits per heavy atom. The number of nitrogens with two attached hydrogens (primary N) is 1. The topological polar surface area (TPSA) is 58.4 Å². The van der Waals surface area contributed by atoms with E-state index in [-0.39, 0.29) is 5.91 Å². The van der Waals surface area contributed by atoms with Gasteiger partial charge in [-0.05, 0) is 43.5 Å². The van der Waals surface area contributed by atoms with E-state index in [4.69, 9.17) is 17.3 Å². The van der Waals surface area contributed by atoms with E-state index < -0.39 is 0 Å². The van der Waals surface area contributed by atoms with Gasteiger partial charge in [0.15, 0.2) is 0 Å². The molecule has 0 saturated carbocycles. The molecule has 1 heterocycles. The second-order valence-corrected chi connectivity index (χ2v) is 6.21. The first-order valence-corrected chi connectivity index (χ1v) is 8.03. The van der Waals surface area contributed by atoms with Crippen LogP contribution in [0.5, 0.6) is 0 Å². The Hall–Kier alpha value is -1.26. The van der Waals surface area contributed by atoms with Gasteiger partial charge in [-0.25, -0.2) is 0 Å². The van der Waals surface area contributed by atoms with Crippen LogP contribution in [0.2, 0.25) is 5.02 Å². The maximum atomic E-state index is 12.0. The molecule has 0 spiro atoms. The summed E-state index contributed by atoms with van der Waals surface area (Å²) in [6.07, 6.45) is 4.29. The van der Waals surface area contributed by atoms with E-state index in [2.05, 4.69) is 17.1 Å². The van der Waals surface area contributed by atoms with Gasteiger partial charge in [0, 0.05) is 24.5 Å². The fraction of sp³-hybridized carbons (Fsp3) is 0.562. The summed E-state index contributed by atoms with van der Waals surface area (Å²) in [6.45, 7) is 5.27. The highest BCUT2D eigenvalue weighted by atomic mass is 35.5. The predicted octanol–water partition coefficient (Wildman–Crippen LogP) is 3.37. The summed E-state index contributed by atoms with van der Waals surface area (Å²) < 4.78 is 0. The number of nitrogen functional groups attached to an aromatic ring is 1. The number of carbonyl (C=O) groups excluding carboxylic acids is 1. The van der Waals surface area contributed by atoms with Crippen molar-refractivity contribution >= 4 is 28.9 Å². The van der Waals surface area contributed by atoms with Crippen molar-refractivity contribution in [2.45, 2.75) is 32.6 Å². The molecule has 1 aromatic rings. The highest BCUT2D eigenvalue weighted by molar-refractivity contribution is 6.31. The molecule has 116 valence electrons. The van der Waals surface area contributed by atoms with Crippen molar-refractivity contribution in [1.29, 1.82) is 0 Å². The van der Waals surface area contributed by atoms with E-state index in [9.17, 15) is 4.79 Å². The third-order valence-electron chi connectivity index (χ3n) is 4.01. The number of nitrogens with zero attached hydrogens (tertiary/aromatic N) is 1. The van der Waals surface area contributed by atoms with Gasteiger partial charge in [-0.2, -0.15) is 0 Å². The lowest BCUT2D eigenvalue weighted by atomic mass is 10.0. The molecule has 1 aliphatic rings. The fourth-order valence-electron chi connectivity index (χ4n) is 2.87. The number of nitrogens with one attached hydrogen (secondary N) is 1. The second-order valence-electron chi connectivity index (χ2n) is 5.77. The molecule has 0 aliphatic carbocycles. The molecular formula is C16H24ClN3O. The quantitative estimate of drug-likeness (QED) is 0.792. The Bertz CT molecular complexity index is 492. The van der Waals surface area contributed by atoms with Crippen LogP contribution in [0, 0.1) is 5.92 Å². The lowest BCUT2D eigenvalue weighted by molar-refractivity contribution is -0.116. The van der Waals surface area contributed by atoms with Crippen LogP contribution in [-0.2, 0) is 4.79 Å². The summed E-state index contributed by atoms with van der Waals surface area (Å²) >= 11 is 5.91. The molecule has 0 aromatic heterocycles. The first-order valence-electron chi connectivity index (χ1n) is 7.65. The van der Waals surface area contributed by atoms with Crippen molar-refractivity contribution < 1.29 is 4.79 Å². The van der Waals surface area contributed by atoms with Crippen molar-refractivity contribution in [1.82, 2.24) is 4.90 Å². The zero-order valence-electron chi connectivity index (χ0n) is 12.6. The van der Waals surface area contributed by atoms with Crippen LogP contribution in [0.25, 0.3) is 0 Å². The second kappa shape index (κ2) is 7.66. The van der Waals surface area contributed by atoms with Crippen LogP contribution in [0.3, 0.4) is 0 Å². The monoisotopic (exact) mass is 309 g/mol. The molecule has 1 atom stereocenters. The molecule has 1 aliphatic heterocycles. The normalized spacial score (nSPS) is 18.9. The molecule has 0 radical (unpaired) electrons. The van der Waals surface area contributed by atoms with Gasteiger partial charge in [-0.1, -0.05) is 24.9 Å². The highest BCUT2D eigenvalue weighted by Crippen LogP contribution is 2.23. The summed E-state index contributed by atoms with van der Waals surface area (Å²) in [7, 11) is 0. The summed E-state index contributed by atoms with van der Waals surface area (Å²) in [5.74, 6) is 0.796. The van der Waals surface area contributed by atoms with Gasteiger partial charge in [0.2, 0.25) is 5.91 Å². The molecule has 2 rings (SSSR count). The van der Waals surface area contributed by atoms with Gasteiger partial charge >= 0.3 is 0 Å². The molecule has 4 nitrogen and oxygen atoms in total. The Labute approximate surface area is 131 Å². The van der Waals surface area contributed by atoms with Gasteiger partial charge in [0.05, 0.1) is 11.4 Å². The van der Waals surface area contributed by atoms with Crippen LogP contribution in [0.15, 0.2) is 18.2 Å². The number of amides is 1. The van der Waals surface area contributed by atoms with Gasteiger partial charge in [0.25, 0.3) is 0 Å². The number of hydrogen-bond acceptors (Lipinski definition) is 3. The van der Waals surface area contributed by atoms with Gasteiger partial charge < -0.3 is 16.0 Å². The number of rotatable bonds is 6. The third-order valence-corrected chi connectivity index (χ3v) is 4.25. The standard InChI is InChI=1S/C16H24ClN3O/c1-2-3-12-6-8-20(11-12)9-7-16(21)19-15-10-13(17)4-5-14(15)18/h4-5,10,12H,2-3,6-9,11,18H2,1H3,(H,19,21). The fourth-order valence-corrected chi connectivity index (χ4v) is 3.04. The van der Waals surface area contributed by atoms with Crippen molar-refractivity contribution in [3.63, 3.8) is 0 Å². The van der Waals surface area contributed by atoms with E-state index in [1.165, 1.54) is 19.3 Å². The SMILES string of the molecule is CCCC1CCN(CCC(=O)Nc2cc(Cl)ccc2N)C1. The molecule has 1 amide bonds. The zero-order valence-corrected chi connectivity index (χ0v) is 13.3. The number of benzene rings is 1. The number of carbonyl (C=O) groups is 1. The van der Waals surface area contributed by atoms with Crippen molar-refractivity contribution in [2.24, 2.45) is 5.92 Å². The summed E-state index contributed by atoms with van der Waals surface area (Å²) in [5, 5.41) is 3.41. The Morgan fingerprint density at radius 3 is 3.10 bits per heavy atom. The molecule has 1 aromatic carbocycles. The number of halogens is 1. The predicted molar refractivity (Wildman–Crippen MR) is 88.6 cm³/mol. The average Bonchev–Trinajstić information content (AvgIpc) is 2.89. The minimum absolute atomic E-state index is 0.0112. The van der Waals surface area contributed by atoms with Crippen LogP contribution >= 0.6 is 11.6 Å². The Kier molecular flexibility index (Phi) is 5.88. The highest BCUT2D eigenvalue weighted by Gasteiger charge is 2.21. The van der Waals surface area contributed by atoms with E-state index >= 15 is 0 Å². The lowest BCUT2D eigenvalue weighted by Crippen LogP contribution is -2.26. The molecule has 3 N–H and O–H groups in total. The molecule has 21 heavy (non-hydrogen) atoms. The summed E-state index contributed by atoms with van der Waals surface area (Å²) in [5.41, 5.74) is 6.96. The zero-order chi connectivity index (χ0) is 15.2. The molecule has 0 bridgehead atoms. The van der Waals surface area contributed by atoms with Crippen LogP contribution in [0.4, 0.5) is 11.4 Å². The molecule has 1 saturated heterocycles. The maximum Gasteiger partial charge on any atom is 0.225 e. The first-order chi connectivity index (χ1) is 10.1. The minimum Gasteiger partial charge on any atom is -0.397 e. The molecule has 1 fully saturated rings. The van der Waals surface area contributed by atoms with Crippen molar-refractivity contribution in [3.8, 4) is 0 Å². The van der Waals surface area contributed by atoms with Gasteiger partial charge in [-0.15, -0.1) is 0 Å². The molecular weight excluding hydrogens is 286 g/mol. The smallest absolute Gasteiger partial charge is 0.225 e. The maximum absolute atomic E-state index is 12.0. The number of anilines is 2. The van der Waals surface area contributed by atoms with E-state index in [1.807, 2.05) is 0 Å². The Morgan fingerprint density at radius 2 is 2.33 bits per heavy atom. The van der Waals surface area contributed by atoms with Gasteiger partial charge in [-0.3, -0.25) is 4.79 Å².